The zero-order valence-corrected chi connectivity index (χ0v) is 16.3. The fourth-order valence-electron chi connectivity index (χ4n) is 3.31. The normalized spacial score (nSPS) is 12.9. The number of carbonyl (C=O) groups excluding carboxylic acids is 1. The number of hydrogen-bond donors (Lipinski definition) is 1. The predicted octanol–water partition coefficient (Wildman–Crippen LogP) is 2.64. The maximum Gasteiger partial charge on any atom is 0.416 e. The van der Waals surface area contributed by atoms with Crippen LogP contribution in [0.25, 0.3) is 10.9 Å². The van der Waals surface area contributed by atoms with E-state index in [-0.39, 0.29) is 6.54 Å². The van der Waals surface area contributed by atoms with Gasteiger partial charge in [0.2, 0.25) is 5.91 Å². The average molecular weight is 407 g/mol. The molecule has 0 aliphatic rings. The molecule has 2 aromatic heterocycles. The van der Waals surface area contributed by atoms with Gasteiger partial charge in [-0.2, -0.15) is 23.4 Å². The van der Waals surface area contributed by atoms with Crippen LogP contribution in [0.2, 0.25) is 0 Å². The van der Waals surface area contributed by atoms with Gasteiger partial charge in [-0.15, -0.1) is 0 Å². The first-order valence-electron chi connectivity index (χ1n) is 8.86. The molecule has 1 aromatic carbocycles. The highest BCUT2D eigenvalue weighted by Crippen LogP contribution is 2.29. The maximum atomic E-state index is 12.7. The highest BCUT2D eigenvalue weighted by atomic mass is 19.4. The van der Waals surface area contributed by atoms with Crippen LogP contribution < -0.4 is 10.9 Å². The topological polar surface area (TPSA) is 81.8 Å². The second-order valence-corrected chi connectivity index (χ2v) is 6.89. The minimum absolute atomic E-state index is 0.311. The van der Waals surface area contributed by atoms with Crippen LogP contribution in [-0.2, 0) is 24.6 Å². The Morgan fingerprint density at radius 1 is 1.14 bits per heavy atom. The van der Waals surface area contributed by atoms with Crippen molar-refractivity contribution in [2.45, 2.75) is 39.5 Å². The molecule has 2 heterocycles. The molecular weight excluding hydrogens is 387 g/mol. The number of alkyl halides is 3. The van der Waals surface area contributed by atoms with Gasteiger partial charge < -0.3 is 5.32 Å². The quantitative estimate of drug-likeness (QED) is 0.721. The number of nitrogens with one attached hydrogen (secondary N) is 1. The van der Waals surface area contributed by atoms with E-state index < -0.39 is 29.2 Å². The van der Waals surface area contributed by atoms with Crippen LogP contribution in [-0.4, -0.2) is 25.5 Å². The van der Waals surface area contributed by atoms with E-state index in [0.29, 0.717) is 27.9 Å². The first kappa shape index (κ1) is 20.6. The standard InChI is InChI=1S/C19H20F3N5O2/c1-10(13-5-7-14(8-6-13)19(20,21)22)23-15(28)9-27-18(29)16-11(2)24-26(4)17(16)12(3)25-27/h5-8,10H,9H2,1-4H3,(H,23,28)/t10-/m0/s1. The minimum Gasteiger partial charge on any atom is -0.348 e. The molecule has 3 aromatic rings. The molecule has 0 bridgehead atoms. The van der Waals surface area contributed by atoms with Gasteiger partial charge in [-0.05, 0) is 38.5 Å². The Balaban J connectivity index is 1.78. The lowest BCUT2D eigenvalue weighted by Gasteiger charge is -2.16. The van der Waals surface area contributed by atoms with Gasteiger partial charge in [0.15, 0.2) is 0 Å². The van der Waals surface area contributed by atoms with Crippen LogP contribution >= 0.6 is 0 Å². The van der Waals surface area contributed by atoms with Crippen LogP contribution in [0.4, 0.5) is 13.2 Å². The van der Waals surface area contributed by atoms with Crippen LogP contribution in [0.3, 0.4) is 0 Å². The maximum absolute atomic E-state index is 12.7. The van der Waals surface area contributed by atoms with Gasteiger partial charge in [0, 0.05) is 7.05 Å². The Morgan fingerprint density at radius 2 is 1.76 bits per heavy atom. The van der Waals surface area contributed by atoms with Gasteiger partial charge in [-0.1, -0.05) is 12.1 Å². The van der Waals surface area contributed by atoms with E-state index in [0.717, 1.165) is 16.8 Å². The molecule has 10 heteroatoms. The van der Waals surface area contributed by atoms with Crippen molar-refractivity contribution in [3.8, 4) is 0 Å². The van der Waals surface area contributed by atoms with Gasteiger partial charge in [0.1, 0.15) is 6.54 Å². The number of nitrogens with zero attached hydrogens (tertiary/aromatic N) is 4. The molecule has 1 atom stereocenters. The number of rotatable bonds is 4. The zero-order chi connectivity index (χ0) is 21.5. The molecule has 0 fully saturated rings. The Morgan fingerprint density at radius 3 is 2.34 bits per heavy atom. The molecule has 0 saturated carbocycles. The molecule has 0 aliphatic heterocycles. The summed E-state index contributed by atoms with van der Waals surface area (Å²) in [4.78, 5) is 25.1. The van der Waals surface area contributed by atoms with E-state index in [4.69, 9.17) is 0 Å². The van der Waals surface area contributed by atoms with Crippen molar-refractivity contribution < 1.29 is 18.0 Å². The summed E-state index contributed by atoms with van der Waals surface area (Å²) in [7, 11) is 1.71. The summed E-state index contributed by atoms with van der Waals surface area (Å²) in [5.74, 6) is -0.479. The van der Waals surface area contributed by atoms with Gasteiger partial charge >= 0.3 is 6.18 Å². The summed E-state index contributed by atoms with van der Waals surface area (Å²) >= 11 is 0. The lowest BCUT2D eigenvalue weighted by molar-refractivity contribution is -0.137. The van der Waals surface area contributed by atoms with Gasteiger partial charge in [0.25, 0.3) is 5.56 Å². The molecular formula is C19H20F3N5O2. The minimum atomic E-state index is -4.42. The van der Waals surface area contributed by atoms with Crippen LogP contribution in [0, 0.1) is 13.8 Å². The van der Waals surface area contributed by atoms with Crippen LogP contribution in [0.1, 0.15) is 35.5 Å². The molecule has 0 saturated heterocycles. The second-order valence-electron chi connectivity index (χ2n) is 6.89. The number of halogens is 3. The van der Waals surface area contributed by atoms with Crippen molar-refractivity contribution in [2.24, 2.45) is 7.05 Å². The molecule has 0 unspecified atom stereocenters. The summed E-state index contributed by atoms with van der Waals surface area (Å²) in [6.07, 6.45) is -4.42. The number of carbonyl (C=O) groups is 1. The van der Waals surface area contributed by atoms with Crippen molar-refractivity contribution in [2.75, 3.05) is 0 Å². The molecule has 154 valence electrons. The lowest BCUT2D eigenvalue weighted by atomic mass is 10.1. The summed E-state index contributed by atoms with van der Waals surface area (Å²) in [6, 6.07) is 4.02. The molecule has 0 radical (unpaired) electrons. The molecule has 3 rings (SSSR count). The van der Waals surface area contributed by atoms with E-state index in [1.807, 2.05) is 0 Å². The Labute approximate surface area is 164 Å². The van der Waals surface area contributed by atoms with Crippen molar-refractivity contribution in [3.05, 3.63) is 57.1 Å². The molecule has 0 aliphatic carbocycles. The monoisotopic (exact) mass is 407 g/mol. The number of aryl methyl sites for hydroxylation is 3. The zero-order valence-electron chi connectivity index (χ0n) is 16.3. The number of amides is 1. The molecule has 29 heavy (non-hydrogen) atoms. The first-order valence-corrected chi connectivity index (χ1v) is 8.86. The largest absolute Gasteiger partial charge is 0.416 e. The van der Waals surface area contributed by atoms with Gasteiger partial charge in [-0.3, -0.25) is 14.3 Å². The van der Waals surface area contributed by atoms with Gasteiger partial charge in [0.05, 0.1) is 33.9 Å². The molecule has 1 amide bonds. The Hall–Kier alpha value is -3.17. The summed E-state index contributed by atoms with van der Waals surface area (Å²) < 4.78 is 40.7. The predicted molar refractivity (Wildman–Crippen MR) is 100 cm³/mol. The lowest BCUT2D eigenvalue weighted by Crippen LogP contribution is -2.35. The average Bonchev–Trinajstić information content (AvgIpc) is 2.93. The summed E-state index contributed by atoms with van der Waals surface area (Å²) in [6.45, 7) is 4.77. The third-order valence-electron chi connectivity index (χ3n) is 4.69. The fraction of sp³-hybridized carbons (Fsp3) is 0.368. The number of aromatic nitrogens is 4. The highest BCUT2D eigenvalue weighted by molar-refractivity contribution is 5.83. The Kier molecular flexibility index (Phi) is 5.20. The third kappa shape index (κ3) is 4.01. The van der Waals surface area contributed by atoms with Gasteiger partial charge in [-0.25, -0.2) is 4.68 Å². The fourth-order valence-corrected chi connectivity index (χ4v) is 3.31. The number of fused-ring (bicyclic) bond motifs is 1. The van der Waals surface area contributed by atoms with Crippen LogP contribution in [0.5, 0.6) is 0 Å². The summed E-state index contributed by atoms with van der Waals surface area (Å²) in [5, 5.41) is 11.5. The van der Waals surface area contributed by atoms with E-state index in [1.165, 1.54) is 12.1 Å². The van der Waals surface area contributed by atoms with E-state index in [9.17, 15) is 22.8 Å². The number of hydrogen-bond acceptors (Lipinski definition) is 4. The van der Waals surface area contributed by atoms with E-state index in [1.54, 1.807) is 32.5 Å². The highest BCUT2D eigenvalue weighted by Gasteiger charge is 2.30. The van der Waals surface area contributed by atoms with Crippen molar-refractivity contribution in [1.29, 1.82) is 0 Å². The SMILES string of the molecule is Cc1nn(C)c2c(C)nn(CC(=O)N[C@@H](C)c3ccc(C(F)(F)F)cc3)c(=O)c12. The molecule has 1 N–H and O–H groups in total. The second kappa shape index (κ2) is 7.34. The smallest absolute Gasteiger partial charge is 0.348 e. The summed E-state index contributed by atoms with van der Waals surface area (Å²) in [5.41, 5.74) is 1.06. The van der Waals surface area contributed by atoms with Crippen LogP contribution in [0.15, 0.2) is 29.1 Å². The van der Waals surface area contributed by atoms with Crippen molar-refractivity contribution >= 4 is 16.8 Å². The first-order chi connectivity index (χ1) is 13.5. The van der Waals surface area contributed by atoms with Crippen molar-refractivity contribution in [3.63, 3.8) is 0 Å². The molecule has 0 spiro atoms. The Bertz CT molecular complexity index is 1130. The molecule has 7 nitrogen and oxygen atoms in total. The third-order valence-corrected chi connectivity index (χ3v) is 4.69. The van der Waals surface area contributed by atoms with Crippen molar-refractivity contribution in [1.82, 2.24) is 24.9 Å². The van der Waals surface area contributed by atoms with E-state index in [2.05, 4.69) is 15.5 Å². The van der Waals surface area contributed by atoms with E-state index >= 15 is 0 Å². The number of benzene rings is 1.